The third kappa shape index (κ3) is 23.9. The maximum Gasteiger partial charge on any atom is 0.364 e. The number of ether oxygens (including phenoxy) is 4. The lowest BCUT2D eigenvalue weighted by Gasteiger charge is -2.49. The summed E-state index contributed by atoms with van der Waals surface area (Å²) in [4.78, 5) is 26.2. The number of carboxylic acids is 1. The van der Waals surface area contributed by atoms with Gasteiger partial charge >= 0.3 is 5.97 Å². The fraction of sp³-hybridized carbons (Fsp3) is 0.962. The largest absolute Gasteiger partial charge is 0.477 e. The minimum Gasteiger partial charge on any atom is -0.477 e. The highest BCUT2D eigenvalue weighted by Gasteiger charge is 2.58. The highest BCUT2D eigenvalue weighted by molar-refractivity contribution is 5.76. The van der Waals surface area contributed by atoms with E-state index >= 15 is 0 Å². The van der Waals surface area contributed by atoms with Crippen LogP contribution in [0.25, 0.3) is 0 Å². The lowest BCUT2D eigenvalue weighted by atomic mass is 9.84. The Bertz CT molecular complexity index is 1300. The second-order valence-electron chi connectivity index (χ2n) is 20.2. The zero-order valence-electron chi connectivity index (χ0n) is 42.8. The van der Waals surface area contributed by atoms with Crippen LogP contribution in [-0.2, 0) is 28.5 Å². The molecule has 2 aliphatic rings. The van der Waals surface area contributed by atoms with Crippen molar-refractivity contribution in [2.75, 3.05) is 19.8 Å². The van der Waals surface area contributed by atoms with Crippen molar-refractivity contribution in [2.24, 2.45) is 5.92 Å². The summed E-state index contributed by atoms with van der Waals surface area (Å²) in [6.07, 6.45) is 12.4. The first-order valence-electron chi connectivity index (χ1n) is 27.3. The van der Waals surface area contributed by atoms with Gasteiger partial charge in [-0.15, -0.1) is 0 Å². The van der Waals surface area contributed by atoms with Crippen LogP contribution in [0.5, 0.6) is 0 Å². The van der Waals surface area contributed by atoms with Crippen molar-refractivity contribution in [1.82, 2.24) is 5.32 Å². The van der Waals surface area contributed by atoms with Crippen molar-refractivity contribution in [3.63, 3.8) is 0 Å². The highest BCUT2D eigenvalue weighted by Crippen LogP contribution is 2.39. The van der Waals surface area contributed by atoms with Gasteiger partial charge in [-0.2, -0.15) is 0 Å². The first-order valence-corrected chi connectivity index (χ1v) is 27.3. The summed E-state index contributed by atoms with van der Waals surface area (Å²) < 4.78 is 23.1. The van der Waals surface area contributed by atoms with Crippen LogP contribution < -0.4 is 5.32 Å². The minimum absolute atomic E-state index is 0.167. The van der Waals surface area contributed by atoms with Gasteiger partial charge < -0.3 is 75.3 Å². The van der Waals surface area contributed by atoms with Gasteiger partial charge in [-0.3, -0.25) is 4.79 Å². The Morgan fingerprint density at radius 2 is 1.13 bits per heavy atom. The van der Waals surface area contributed by atoms with Crippen molar-refractivity contribution in [2.45, 2.75) is 293 Å². The van der Waals surface area contributed by atoms with Crippen molar-refractivity contribution >= 4 is 11.9 Å². The number of rotatable bonds is 42. The summed E-state index contributed by atoms with van der Waals surface area (Å²) in [5, 5.41) is 110. The highest BCUT2D eigenvalue weighted by atomic mass is 16.8. The number of amides is 1. The van der Waals surface area contributed by atoms with Gasteiger partial charge in [-0.1, -0.05) is 188 Å². The summed E-state index contributed by atoms with van der Waals surface area (Å²) in [5.41, 5.74) is 0. The standard InChI is InChI=1S/C52H99NO16/c1-4-6-8-10-12-14-16-18-19-20-22-24-26-28-30-32-43(59)53-38(44(60)39(56)31-29-27-25-23-21-17-15-13-11-9-7-5-2)36-66-50-47(63)49(46(62)42(35-55)67-50)69-52(51(64)65)33-40(57)37(3)48(68-52)45(61)41(58)34-54/h37-42,44-50,54-58,60-63H,4-36H2,1-3H3,(H,53,59)(H,64,65)/t37-,38+,39-,40?,41-,42?,44+,45-,46+,47?,48-,49+,50-,52+/m1/s1. The van der Waals surface area contributed by atoms with E-state index in [0.29, 0.717) is 12.8 Å². The number of hydrogen-bond acceptors (Lipinski definition) is 15. The van der Waals surface area contributed by atoms with Crippen molar-refractivity contribution in [1.29, 1.82) is 0 Å². The van der Waals surface area contributed by atoms with Crippen LogP contribution in [0, 0.1) is 5.92 Å². The van der Waals surface area contributed by atoms with Gasteiger partial charge in [0.2, 0.25) is 5.91 Å². The SMILES string of the molecule is CCCCCCCCCCCCCCCCCC(=O)N[C@@H](CO[C@@H]1OC(CO)[C@H](O)[C@H](O[C@]2(C(=O)O)CC(O)[C@@H](C)[C@H]([C@H](O)[C@H](O)CO)O2)C1O)[C@H](O)[C@H](O)CCCCCCCCCCCCCC. The molecular formula is C52H99NO16. The maximum absolute atomic E-state index is 13.3. The average Bonchev–Trinajstić information content (AvgIpc) is 3.33. The maximum atomic E-state index is 13.3. The second-order valence-corrected chi connectivity index (χ2v) is 20.2. The van der Waals surface area contributed by atoms with Crippen molar-refractivity contribution in [3.05, 3.63) is 0 Å². The first-order chi connectivity index (χ1) is 33.2. The van der Waals surface area contributed by atoms with Crippen molar-refractivity contribution < 1.29 is 79.6 Å². The molecule has 2 fully saturated rings. The molecule has 11 N–H and O–H groups in total. The smallest absolute Gasteiger partial charge is 0.364 e. The quantitative estimate of drug-likeness (QED) is 0.0329. The van der Waals surface area contributed by atoms with E-state index in [1.54, 1.807) is 0 Å². The number of carbonyl (C=O) groups is 2. The molecule has 69 heavy (non-hydrogen) atoms. The zero-order chi connectivity index (χ0) is 51.0. The summed E-state index contributed by atoms with van der Waals surface area (Å²) in [5.74, 6) is -5.97. The van der Waals surface area contributed by atoms with Gasteiger partial charge in [0.1, 0.15) is 42.7 Å². The monoisotopic (exact) mass is 994 g/mol. The summed E-state index contributed by atoms with van der Waals surface area (Å²) >= 11 is 0. The van der Waals surface area contributed by atoms with E-state index in [1.165, 1.54) is 116 Å². The normalized spacial score (nSPS) is 27.4. The molecule has 0 radical (unpaired) electrons. The van der Waals surface area contributed by atoms with E-state index in [-0.39, 0.29) is 18.7 Å². The molecule has 0 aliphatic carbocycles. The number of aliphatic hydroxyl groups excluding tert-OH is 9. The number of aliphatic carboxylic acids is 1. The summed E-state index contributed by atoms with van der Waals surface area (Å²) in [6, 6.07) is -1.19. The lowest BCUT2D eigenvalue weighted by molar-refractivity contribution is -0.373. The molecule has 2 saturated heterocycles. The number of unbranched alkanes of at least 4 members (excludes halogenated alkanes) is 25. The van der Waals surface area contributed by atoms with Crippen LogP contribution in [-0.4, -0.2) is 162 Å². The Hall–Kier alpha value is -1.58. The number of aliphatic hydroxyl groups is 9. The van der Waals surface area contributed by atoms with Crippen LogP contribution in [0.15, 0.2) is 0 Å². The number of hydrogen-bond donors (Lipinski definition) is 11. The molecule has 408 valence electrons. The molecule has 0 bridgehead atoms. The predicted molar refractivity (Wildman–Crippen MR) is 262 cm³/mol. The first kappa shape index (κ1) is 63.5. The fourth-order valence-electron chi connectivity index (χ4n) is 9.57. The van der Waals surface area contributed by atoms with Gasteiger partial charge in [0, 0.05) is 18.8 Å². The van der Waals surface area contributed by atoms with E-state index in [2.05, 4.69) is 19.2 Å². The Morgan fingerprint density at radius 3 is 1.58 bits per heavy atom. The molecule has 0 saturated carbocycles. The second kappa shape index (κ2) is 37.2. The van der Waals surface area contributed by atoms with E-state index < -0.39 is 117 Å². The van der Waals surface area contributed by atoms with Gasteiger partial charge in [-0.25, -0.2) is 4.79 Å². The Morgan fingerprint density at radius 1 is 0.667 bits per heavy atom. The van der Waals surface area contributed by atoms with Crippen LogP contribution in [0.4, 0.5) is 0 Å². The molecular weight excluding hydrogens is 895 g/mol. The molecule has 2 rings (SSSR count). The average molecular weight is 994 g/mol. The van der Waals surface area contributed by atoms with Crippen LogP contribution >= 0.6 is 0 Å². The van der Waals surface area contributed by atoms with Gasteiger partial charge in [0.25, 0.3) is 5.79 Å². The van der Waals surface area contributed by atoms with Crippen LogP contribution in [0.1, 0.15) is 213 Å². The van der Waals surface area contributed by atoms with Crippen molar-refractivity contribution in [3.8, 4) is 0 Å². The lowest BCUT2D eigenvalue weighted by Crippen LogP contribution is -2.67. The molecule has 17 heteroatoms. The topological polar surface area (TPSA) is 285 Å². The Balaban J connectivity index is 2.06. The van der Waals surface area contributed by atoms with E-state index in [0.717, 1.165) is 51.4 Å². The van der Waals surface area contributed by atoms with Gasteiger partial charge in [-0.05, 0) is 12.8 Å². The Labute approximate surface area is 414 Å². The van der Waals surface area contributed by atoms with E-state index in [1.807, 2.05) is 0 Å². The molecule has 0 spiro atoms. The molecule has 0 aromatic heterocycles. The number of carbonyl (C=O) groups excluding carboxylic acids is 1. The molecule has 3 unspecified atom stereocenters. The number of nitrogens with one attached hydrogen (secondary N) is 1. The van der Waals surface area contributed by atoms with Gasteiger partial charge in [0.05, 0.1) is 44.2 Å². The zero-order valence-corrected chi connectivity index (χ0v) is 42.8. The molecule has 2 aliphatic heterocycles. The minimum atomic E-state index is -2.82. The number of carboxylic acid groups (broad SMARTS) is 1. The molecule has 17 nitrogen and oxygen atoms in total. The molecule has 2 heterocycles. The molecule has 0 aromatic rings. The Kier molecular flexibility index (Phi) is 34.3. The van der Waals surface area contributed by atoms with E-state index in [4.69, 9.17) is 18.9 Å². The van der Waals surface area contributed by atoms with Crippen LogP contribution in [0.3, 0.4) is 0 Å². The summed E-state index contributed by atoms with van der Waals surface area (Å²) in [7, 11) is 0. The molecule has 1 amide bonds. The molecule has 0 aromatic carbocycles. The van der Waals surface area contributed by atoms with Crippen LogP contribution in [0.2, 0.25) is 0 Å². The predicted octanol–water partition coefficient (Wildman–Crippen LogP) is 5.67. The van der Waals surface area contributed by atoms with Gasteiger partial charge in [0.15, 0.2) is 6.29 Å². The fourth-order valence-corrected chi connectivity index (χ4v) is 9.57. The molecule has 14 atom stereocenters. The van der Waals surface area contributed by atoms with E-state index in [9.17, 15) is 60.7 Å². The summed E-state index contributed by atoms with van der Waals surface area (Å²) in [6.45, 7) is 3.60. The third-order valence-corrected chi connectivity index (χ3v) is 14.3. The third-order valence-electron chi connectivity index (χ3n) is 14.3.